The Morgan fingerprint density at radius 3 is 1.59 bits per heavy atom. The lowest BCUT2D eigenvalue weighted by atomic mass is 10.2. The first-order valence-corrected chi connectivity index (χ1v) is 7.95. The van der Waals surface area contributed by atoms with Crippen LogP contribution in [0.1, 0.15) is 11.1 Å². The van der Waals surface area contributed by atoms with Crippen molar-refractivity contribution >= 4 is 35.6 Å². The molecule has 0 amide bonds. The summed E-state index contributed by atoms with van der Waals surface area (Å²) in [5.74, 6) is 0. The second kappa shape index (κ2) is 9.39. The Morgan fingerprint density at radius 1 is 0.727 bits per heavy atom. The molecule has 0 radical (unpaired) electrons. The maximum absolute atomic E-state index is 5.93. The molecule has 0 aliphatic carbocycles. The highest BCUT2D eigenvalue weighted by molar-refractivity contribution is 6.30. The highest BCUT2D eigenvalue weighted by atomic mass is 35.5. The summed E-state index contributed by atoms with van der Waals surface area (Å²) < 4.78 is 0. The van der Waals surface area contributed by atoms with Crippen LogP contribution in [0.3, 0.4) is 0 Å². The molecule has 2 nitrogen and oxygen atoms in total. The van der Waals surface area contributed by atoms with Crippen LogP contribution < -0.4 is 0 Å². The van der Waals surface area contributed by atoms with Crippen molar-refractivity contribution in [2.45, 2.75) is 12.8 Å². The van der Waals surface area contributed by atoms with E-state index in [-0.39, 0.29) is 0 Å². The molecular weight excluding hydrogens is 315 g/mol. The Morgan fingerprint density at radius 2 is 1.18 bits per heavy atom. The Labute approximate surface area is 141 Å². The van der Waals surface area contributed by atoms with Gasteiger partial charge < -0.3 is 0 Å². The molecule has 0 spiro atoms. The molecule has 0 atom stereocenters. The minimum atomic E-state index is 0.701. The van der Waals surface area contributed by atoms with Crippen LogP contribution in [0.5, 0.6) is 0 Å². The van der Waals surface area contributed by atoms with Crippen molar-refractivity contribution in [3.05, 3.63) is 69.7 Å². The van der Waals surface area contributed by atoms with E-state index in [9.17, 15) is 0 Å². The third-order valence-corrected chi connectivity index (χ3v) is 3.52. The standard InChI is InChI=1S/C18H18Cl2N2/c19-17-5-1-3-15(13-17)7-9-21-11-12-22-10-8-16-4-2-6-18(20)14-16/h1-6,9-10,13-14H,7-8,11-12H2. The van der Waals surface area contributed by atoms with E-state index in [2.05, 4.69) is 9.98 Å². The van der Waals surface area contributed by atoms with E-state index in [1.165, 1.54) is 11.1 Å². The maximum atomic E-state index is 5.93. The van der Waals surface area contributed by atoms with Crippen molar-refractivity contribution in [1.29, 1.82) is 0 Å². The molecule has 22 heavy (non-hydrogen) atoms. The number of nitrogens with zero attached hydrogens (tertiary/aromatic N) is 2. The van der Waals surface area contributed by atoms with Crippen LogP contribution in [-0.2, 0) is 12.8 Å². The second-order valence-corrected chi connectivity index (χ2v) is 5.72. The number of halogens is 2. The lowest BCUT2D eigenvalue weighted by Crippen LogP contribution is -1.92. The van der Waals surface area contributed by atoms with Gasteiger partial charge in [-0.25, -0.2) is 0 Å². The van der Waals surface area contributed by atoms with E-state index in [4.69, 9.17) is 23.2 Å². The second-order valence-electron chi connectivity index (χ2n) is 4.85. The van der Waals surface area contributed by atoms with Gasteiger partial charge >= 0.3 is 0 Å². The number of hydrogen-bond donors (Lipinski definition) is 0. The lowest BCUT2D eigenvalue weighted by Gasteiger charge is -1.97. The third-order valence-electron chi connectivity index (χ3n) is 3.05. The van der Waals surface area contributed by atoms with Crippen molar-refractivity contribution in [3.63, 3.8) is 0 Å². The first-order valence-electron chi connectivity index (χ1n) is 7.19. The summed E-state index contributed by atoms with van der Waals surface area (Å²) in [7, 11) is 0. The fraction of sp³-hybridized carbons (Fsp3) is 0.222. The van der Waals surface area contributed by atoms with Crippen molar-refractivity contribution in [1.82, 2.24) is 0 Å². The van der Waals surface area contributed by atoms with Gasteiger partial charge in [0.2, 0.25) is 0 Å². The predicted molar refractivity (Wildman–Crippen MR) is 97.0 cm³/mol. The zero-order chi connectivity index (χ0) is 15.6. The molecule has 114 valence electrons. The lowest BCUT2D eigenvalue weighted by molar-refractivity contribution is 0.976. The predicted octanol–water partition coefficient (Wildman–Crippen LogP) is 4.92. The van der Waals surface area contributed by atoms with Gasteiger partial charge in [-0.2, -0.15) is 0 Å². The molecule has 0 saturated carbocycles. The van der Waals surface area contributed by atoms with Crippen LogP contribution in [0.25, 0.3) is 0 Å². The van der Waals surface area contributed by atoms with Gasteiger partial charge in [0, 0.05) is 35.3 Å². The van der Waals surface area contributed by atoms with E-state index in [0.29, 0.717) is 13.1 Å². The van der Waals surface area contributed by atoms with Crippen LogP contribution in [0, 0.1) is 0 Å². The topological polar surface area (TPSA) is 24.7 Å². The third kappa shape index (κ3) is 6.42. The Kier molecular flexibility index (Phi) is 7.14. The molecule has 0 saturated heterocycles. The molecular formula is C18H18Cl2N2. The minimum absolute atomic E-state index is 0.701. The molecule has 0 fully saturated rings. The number of rotatable bonds is 7. The van der Waals surface area contributed by atoms with Crippen LogP contribution in [0.15, 0.2) is 58.5 Å². The molecule has 0 heterocycles. The fourth-order valence-electron chi connectivity index (χ4n) is 1.97. The average molecular weight is 333 g/mol. The van der Waals surface area contributed by atoms with Gasteiger partial charge in [-0.3, -0.25) is 9.98 Å². The number of hydrogen-bond acceptors (Lipinski definition) is 2. The molecule has 2 aromatic carbocycles. The zero-order valence-electron chi connectivity index (χ0n) is 12.3. The monoisotopic (exact) mass is 332 g/mol. The van der Waals surface area contributed by atoms with Crippen molar-refractivity contribution in [3.8, 4) is 0 Å². The van der Waals surface area contributed by atoms with E-state index in [0.717, 1.165) is 22.9 Å². The Balaban J connectivity index is 1.64. The molecule has 0 aromatic heterocycles. The van der Waals surface area contributed by atoms with Crippen LogP contribution in [0.2, 0.25) is 10.0 Å². The summed E-state index contributed by atoms with van der Waals surface area (Å²) in [6.45, 7) is 1.40. The summed E-state index contributed by atoms with van der Waals surface area (Å²) in [5, 5.41) is 1.52. The molecule has 2 rings (SSSR count). The van der Waals surface area contributed by atoms with Gasteiger partial charge in [0.05, 0.1) is 13.1 Å². The summed E-state index contributed by atoms with van der Waals surface area (Å²) in [6.07, 6.45) is 5.43. The minimum Gasteiger partial charge on any atom is -0.295 e. The fourth-order valence-corrected chi connectivity index (χ4v) is 2.39. The highest BCUT2D eigenvalue weighted by Crippen LogP contribution is 2.11. The molecule has 0 unspecified atom stereocenters. The van der Waals surface area contributed by atoms with E-state index < -0.39 is 0 Å². The largest absolute Gasteiger partial charge is 0.295 e. The van der Waals surface area contributed by atoms with Gasteiger partial charge in [0.15, 0.2) is 0 Å². The van der Waals surface area contributed by atoms with Gasteiger partial charge in [-0.1, -0.05) is 47.5 Å². The molecule has 4 heteroatoms. The molecule has 0 aliphatic heterocycles. The van der Waals surface area contributed by atoms with Gasteiger partial charge in [0.1, 0.15) is 0 Å². The summed E-state index contributed by atoms with van der Waals surface area (Å²) >= 11 is 11.9. The van der Waals surface area contributed by atoms with E-state index in [1.807, 2.05) is 61.0 Å². The SMILES string of the molecule is Clc1cccc(CC=NCCN=CCc2cccc(Cl)c2)c1. The zero-order valence-corrected chi connectivity index (χ0v) is 13.8. The quantitative estimate of drug-likeness (QED) is 0.507. The molecule has 2 aromatic rings. The smallest absolute Gasteiger partial charge is 0.0581 e. The van der Waals surface area contributed by atoms with Crippen LogP contribution in [0.4, 0.5) is 0 Å². The van der Waals surface area contributed by atoms with Gasteiger partial charge in [-0.05, 0) is 35.4 Å². The van der Waals surface area contributed by atoms with Crippen molar-refractivity contribution in [2.75, 3.05) is 13.1 Å². The summed E-state index contributed by atoms with van der Waals surface area (Å²) in [4.78, 5) is 8.70. The Hall–Kier alpha value is -1.64. The van der Waals surface area contributed by atoms with E-state index >= 15 is 0 Å². The first-order chi connectivity index (χ1) is 10.7. The highest BCUT2D eigenvalue weighted by Gasteiger charge is 1.92. The van der Waals surface area contributed by atoms with Crippen molar-refractivity contribution < 1.29 is 0 Å². The molecule has 0 aliphatic rings. The van der Waals surface area contributed by atoms with Gasteiger partial charge in [-0.15, -0.1) is 0 Å². The van der Waals surface area contributed by atoms with E-state index in [1.54, 1.807) is 0 Å². The molecule has 0 bridgehead atoms. The van der Waals surface area contributed by atoms with Crippen LogP contribution >= 0.6 is 23.2 Å². The van der Waals surface area contributed by atoms with Gasteiger partial charge in [0.25, 0.3) is 0 Å². The summed E-state index contributed by atoms with van der Waals surface area (Å²) in [6, 6.07) is 15.6. The summed E-state index contributed by atoms with van der Waals surface area (Å²) in [5.41, 5.74) is 2.33. The number of benzene rings is 2. The van der Waals surface area contributed by atoms with Crippen molar-refractivity contribution in [2.24, 2.45) is 9.98 Å². The van der Waals surface area contributed by atoms with Crippen LogP contribution in [-0.4, -0.2) is 25.5 Å². The number of aliphatic imine (C=N–C) groups is 2. The first kappa shape index (κ1) is 16.7. The average Bonchev–Trinajstić information content (AvgIpc) is 2.50. The normalized spacial score (nSPS) is 11.5. The maximum Gasteiger partial charge on any atom is 0.0581 e. The molecule has 0 N–H and O–H groups in total. The Bertz CT molecular complexity index is 594.